The number of amides is 2. The molecule has 0 radical (unpaired) electrons. The van der Waals surface area contributed by atoms with Crippen LogP contribution in [0.15, 0.2) is 24.3 Å². The van der Waals surface area contributed by atoms with Crippen LogP contribution in [0, 0.1) is 5.92 Å². The molecule has 0 aliphatic carbocycles. The lowest BCUT2D eigenvalue weighted by atomic mass is 10.1. The van der Waals surface area contributed by atoms with E-state index in [4.69, 9.17) is 0 Å². The first-order valence-corrected chi connectivity index (χ1v) is 11.4. The van der Waals surface area contributed by atoms with Crippen molar-refractivity contribution in [3.8, 4) is 0 Å². The Hall–Kier alpha value is -2.09. The fourth-order valence-corrected chi connectivity index (χ4v) is 5.99. The van der Waals surface area contributed by atoms with Crippen LogP contribution in [0.4, 0.5) is 11.4 Å². The summed E-state index contributed by atoms with van der Waals surface area (Å²) in [6.07, 6.45) is 3.05. The third kappa shape index (κ3) is 3.95. The number of benzene rings is 1. The number of carbonyl (C=O) groups is 2. The first-order valence-electron chi connectivity index (χ1n) is 9.57. The van der Waals surface area contributed by atoms with E-state index in [0.717, 1.165) is 24.5 Å². The van der Waals surface area contributed by atoms with Gasteiger partial charge in [-0.15, -0.1) is 0 Å². The monoisotopic (exact) mass is 391 g/mol. The molecule has 3 fully saturated rings. The van der Waals surface area contributed by atoms with E-state index in [1.807, 2.05) is 24.3 Å². The molecule has 2 unspecified atom stereocenters. The van der Waals surface area contributed by atoms with Gasteiger partial charge in [-0.25, -0.2) is 8.42 Å². The fourth-order valence-electron chi connectivity index (χ4n) is 4.26. The topological polar surface area (TPSA) is 86.8 Å². The van der Waals surface area contributed by atoms with Crippen molar-refractivity contribution in [2.75, 3.05) is 41.4 Å². The molecule has 0 aromatic heterocycles. The Kier molecular flexibility index (Phi) is 4.84. The zero-order chi connectivity index (χ0) is 19.0. The maximum atomic E-state index is 12.6. The number of carbonyl (C=O) groups excluding carboxylic acids is 2. The minimum atomic E-state index is -3.05. The second kappa shape index (κ2) is 7.14. The van der Waals surface area contributed by atoms with Crippen LogP contribution >= 0.6 is 0 Å². The minimum absolute atomic E-state index is 0.0189. The van der Waals surface area contributed by atoms with Gasteiger partial charge in [0.05, 0.1) is 17.4 Å². The molecule has 3 aliphatic heterocycles. The van der Waals surface area contributed by atoms with Gasteiger partial charge >= 0.3 is 0 Å². The van der Waals surface area contributed by atoms with E-state index in [0.29, 0.717) is 13.0 Å². The summed E-state index contributed by atoms with van der Waals surface area (Å²) in [6.45, 7) is 2.45. The van der Waals surface area contributed by atoms with E-state index < -0.39 is 15.8 Å². The molecule has 0 bridgehead atoms. The summed E-state index contributed by atoms with van der Waals surface area (Å²) in [7, 11) is -3.05. The summed E-state index contributed by atoms with van der Waals surface area (Å²) >= 11 is 0. The van der Waals surface area contributed by atoms with Crippen molar-refractivity contribution < 1.29 is 18.0 Å². The maximum Gasteiger partial charge on any atom is 0.229 e. The number of anilines is 2. The smallest absolute Gasteiger partial charge is 0.229 e. The number of rotatable bonds is 4. The Morgan fingerprint density at radius 1 is 1.11 bits per heavy atom. The standard InChI is InChI=1S/C19H25N3O4S/c23-18-11-14(12-22(18)17-7-10-27(25,26)13-17)19(24)20-15-3-5-16(6-4-15)21-8-1-2-9-21/h3-6,14,17H,1-2,7-13H2,(H,20,24). The summed E-state index contributed by atoms with van der Waals surface area (Å²) in [4.78, 5) is 28.8. The second-order valence-electron chi connectivity index (χ2n) is 7.73. The Morgan fingerprint density at radius 2 is 1.81 bits per heavy atom. The largest absolute Gasteiger partial charge is 0.372 e. The van der Waals surface area contributed by atoms with Gasteiger partial charge in [-0.1, -0.05) is 0 Å². The van der Waals surface area contributed by atoms with E-state index in [-0.39, 0.29) is 35.8 Å². The Balaban J connectivity index is 1.35. The normalized spacial score (nSPS) is 27.3. The predicted molar refractivity (Wildman–Crippen MR) is 103 cm³/mol. The molecule has 2 amide bonds. The molecular weight excluding hydrogens is 366 g/mol. The van der Waals surface area contributed by atoms with Gasteiger partial charge in [0, 0.05) is 43.5 Å². The van der Waals surface area contributed by atoms with Crippen molar-refractivity contribution in [2.24, 2.45) is 5.92 Å². The number of sulfone groups is 1. The van der Waals surface area contributed by atoms with Crippen LogP contribution in [0.1, 0.15) is 25.7 Å². The molecule has 2 atom stereocenters. The predicted octanol–water partition coefficient (Wildman–Crippen LogP) is 1.26. The lowest BCUT2D eigenvalue weighted by molar-refractivity contribution is -0.129. The summed E-state index contributed by atoms with van der Waals surface area (Å²) < 4.78 is 23.3. The van der Waals surface area contributed by atoms with E-state index in [1.54, 1.807) is 4.90 Å². The SMILES string of the molecule is O=C(Nc1ccc(N2CCCC2)cc1)C1CC(=O)N(C2CCS(=O)(=O)C2)C1. The van der Waals surface area contributed by atoms with Crippen molar-refractivity contribution in [1.29, 1.82) is 0 Å². The van der Waals surface area contributed by atoms with Crippen molar-refractivity contribution in [1.82, 2.24) is 4.90 Å². The lowest BCUT2D eigenvalue weighted by Crippen LogP contribution is -2.38. The van der Waals surface area contributed by atoms with E-state index in [9.17, 15) is 18.0 Å². The van der Waals surface area contributed by atoms with Crippen LogP contribution in [0.3, 0.4) is 0 Å². The first-order chi connectivity index (χ1) is 12.9. The summed E-state index contributed by atoms with van der Waals surface area (Å²) in [5.74, 6) is -0.589. The first kappa shape index (κ1) is 18.3. The molecule has 0 spiro atoms. The molecule has 1 aromatic carbocycles. The van der Waals surface area contributed by atoms with E-state index in [1.165, 1.54) is 12.8 Å². The molecule has 27 heavy (non-hydrogen) atoms. The highest BCUT2D eigenvalue weighted by atomic mass is 32.2. The fraction of sp³-hybridized carbons (Fsp3) is 0.579. The van der Waals surface area contributed by atoms with E-state index >= 15 is 0 Å². The highest BCUT2D eigenvalue weighted by Crippen LogP contribution is 2.27. The van der Waals surface area contributed by atoms with Gasteiger partial charge in [0.2, 0.25) is 11.8 Å². The number of hydrogen-bond acceptors (Lipinski definition) is 5. The van der Waals surface area contributed by atoms with Crippen molar-refractivity contribution in [3.63, 3.8) is 0 Å². The molecular formula is C19H25N3O4S. The number of nitrogens with zero attached hydrogens (tertiary/aromatic N) is 2. The van der Waals surface area contributed by atoms with Crippen LogP contribution in [0.2, 0.25) is 0 Å². The van der Waals surface area contributed by atoms with Gasteiger partial charge in [0.15, 0.2) is 9.84 Å². The molecule has 8 heteroatoms. The van der Waals surface area contributed by atoms with Crippen LogP contribution < -0.4 is 10.2 Å². The summed E-state index contributed by atoms with van der Waals surface area (Å²) in [5.41, 5.74) is 1.88. The lowest BCUT2D eigenvalue weighted by Gasteiger charge is -2.23. The molecule has 3 aliphatic rings. The van der Waals surface area contributed by atoms with Crippen molar-refractivity contribution >= 4 is 33.0 Å². The minimum Gasteiger partial charge on any atom is -0.372 e. The zero-order valence-electron chi connectivity index (χ0n) is 15.3. The van der Waals surface area contributed by atoms with E-state index in [2.05, 4.69) is 10.2 Å². The molecule has 1 N–H and O–H groups in total. The van der Waals surface area contributed by atoms with Crippen LogP contribution in [-0.2, 0) is 19.4 Å². The molecule has 146 valence electrons. The quantitative estimate of drug-likeness (QED) is 0.835. The third-order valence-corrected chi connectivity index (χ3v) is 7.53. The molecule has 3 heterocycles. The van der Waals surface area contributed by atoms with Gasteiger partial charge in [-0.05, 0) is 43.5 Å². The highest BCUT2D eigenvalue weighted by Gasteiger charge is 2.41. The van der Waals surface area contributed by atoms with Crippen LogP contribution in [0.25, 0.3) is 0 Å². The molecule has 4 rings (SSSR count). The zero-order valence-corrected chi connectivity index (χ0v) is 16.1. The Morgan fingerprint density at radius 3 is 2.44 bits per heavy atom. The molecule has 1 aromatic rings. The molecule has 0 saturated carbocycles. The second-order valence-corrected chi connectivity index (χ2v) is 9.96. The van der Waals surface area contributed by atoms with Gasteiger partial charge in [-0.3, -0.25) is 9.59 Å². The number of likely N-dealkylation sites (tertiary alicyclic amines) is 1. The average Bonchev–Trinajstić information content (AvgIpc) is 3.35. The average molecular weight is 391 g/mol. The van der Waals surface area contributed by atoms with Gasteiger partial charge in [0.25, 0.3) is 0 Å². The van der Waals surface area contributed by atoms with Gasteiger partial charge in [0.1, 0.15) is 0 Å². The summed E-state index contributed by atoms with van der Waals surface area (Å²) in [6, 6.07) is 7.53. The van der Waals surface area contributed by atoms with Crippen molar-refractivity contribution in [2.45, 2.75) is 31.7 Å². The maximum absolute atomic E-state index is 12.6. The molecule has 7 nitrogen and oxygen atoms in total. The van der Waals surface area contributed by atoms with Crippen LogP contribution in [-0.4, -0.2) is 62.3 Å². The molecule has 3 saturated heterocycles. The number of hydrogen-bond donors (Lipinski definition) is 1. The highest BCUT2D eigenvalue weighted by molar-refractivity contribution is 7.91. The number of nitrogens with one attached hydrogen (secondary N) is 1. The van der Waals surface area contributed by atoms with Gasteiger partial charge in [-0.2, -0.15) is 0 Å². The van der Waals surface area contributed by atoms with Crippen molar-refractivity contribution in [3.05, 3.63) is 24.3 Å². The Bertz CT molecular complexity index is 831. The summed E-state index contributed by atoms with van der Waals surface area (Å²) in [5, 5.41) is 2.90. The van der Waals surface area contributed by atoms with Gasteiger partial charge < -0.3 is 15.1 Å². The third-order valence-electron chi connectivity index (χ3n) is 5.78. The van der Waals surface area contributed by atoms with Crippen LogP contribution in [0.5, 0.6) is 0 Å². The Labute approximate surface area is 159 Å².